The topological polar surface area (TPSA) is 37.3 Å². The molecule has 1 N–H and O–H groups in total. The summed E-state index contributed by atoms with van der Waals surface area (Å²) in [4.78, 5) is 10.1. The molecule has 0 aliphatic heterocycles. The number of aromatic hydroxyl groups is 1. The molecule has 0 amide bonds. The van der Waals surface area contributed by atoms with E-state index in [0.717, 1.165) is 0 Å². The van der Waals surface area contributed by atoms with Crippen LogP contribution in [0.25, 0.3) is 0 Å². The Morgan fingerprint density at radius 1 is 1.50 bits per heavy atom. The minimum Gasteiger partial charge on any atom is -0.507 e. The lowest BCUT2D eigenvalue weighted by atomic mass is 9.95. The zero-order chi connectivity index (χ0) is 7.56. The highest BCUT2D eigenvalue weighted by Crippen LogP contribution is 2.10. The van der Waals surface area contributed by atoms with E-state index in [1.165, 1.54) is 12.1 Å². The summed E-state index contributed by atoms with van der Waals surface area (Å²) in [6.07, 6.45) is 0.578. The molecule has 0 bridgehead atoms. The van der Waals surface area contributed by atoms with Crippen molar-refractivity contribution in [1.29, 1.82) is 0 Å². The number of carbonyl (C=O) groups is 1. The molecular formula is C7H5BO2. The summed E-state index contributed by atoms with van der Waals surface area (Å²) in [6.45, 7) is 0. The van der Waals surface area contributed by atoms with Gasteiger partial charge in [-0.3, -0.25) is 4.79 Å². The Labute approximate surface area is 59.9 Å². The number of aldehydes is 1. The molecule has 0 unspecified atom stereocenters. The third-order valence-corrected chi connectivity index (χ3v) is 1.18. The van der Waals surface area contributed by atoms with Crippen molar-refractivity contribution in [3.05, 3.63) is 23.8 Å². The van der Waals surface area contributed by atoms with E-state index in [2.05, 4.69) is 0 Å². The zero-order valence-corrected chi connectivity index (χ0v) is 5.24. The second-order valence-corrected chi connectivity index (χ2v) is 1.94. The Balaban J connectivity index is 3.19. The maximum Gasteiger partial charge on any atom is 0.153 e. The van der Waals surface area contributed by atoms with Crippen LogP contribution in [0, 0.1) is 0 Å². The summed E-state index contributed by atoms with van der Waals surface area (Å²) in [5.41, 5.74) is 0.706. The van der Waals surface area contributed by atoms with Gasteiger partial charge in [-0.25, -0.2) is 0 Å². The number of hydrogen-bond acceptors (Lipinski definition) is 2. The molecule has 2 radical (unpaired) electrons. The van der Waals surface area contributed by atoms with Crippen LogP contribution < -0.4 is 5.46 Å². The van der Waals surface area contributed by atoms with Crippen LogP contribution in [0.4, 0.5) is 0 Å². The average Bonchev–Trinajstić information content (AvgIpc) is 1.88. The third-order valence-electron chi connectivity index (χ3n) is 1.18. The van der Waals surface area contributed by atoms with Crippen molar-refractivity contribution < 1.29 is 9.90 Å². The molecule has 0 atom stereocenters. The maximum atomic E-state index is 10.1. The Hall–Kier alpha value is -1.25. The van der Waals surface area contributed by atoms with Gasteiger partial charge < -0.3 is 5.11 Å². The molecular weight excluding hydrogens is 127 g/mol. The summed E-state index contributed by atoms with van der Waals surface area (Å²) in [5, 5.41) is 8.98. The fraction of sp³-hybridized carbons (Fsp3) is 0. The van der Waals surface area contributed by atoms with Gasteiger partial charge in [0.05, 0.1) is 5.56 Å². The molecule has 0 aliphatic carbocycles. The van der Waals surface area contributed by atoms with Gasteiger partial charge in [-0.1, -0.05) is 11.5 Å². The van der Waals surface area contributed by atoms with Crippen molar-refractivity contribution >= 4 is 19.6 Å². The van der Waals surface area contributed by atoms with Gasteiger partial charge in [-0.15, -0.1) is 0 Å². The molecule has 1 aromatic carbocycles. The van der Waals surface area contributed by atoms with Crippen LogP contribution in [-0.4, -0.2) is 19.2 Å². The zero-order valence-electron chi connectivity index (χ0n) is 5.24. The first-order chi connectivity index (χ1) is 4.74. The lowest BCUT2D eigenvalue weighted by molar-refractivity contribution is 0.112. The van der Waals surface area contributed by atoms with Crippen LogP contribution in [0.5, 0.6) is 5.75 Å². The monoisotopic (exact) mass is 132 g/mol. The van der Waals surface area contributed by atoms with E-state index in [9.17, 15) is 4.79 Å². The van der Waals surface area contributed by atoms with Crippen LogP contribution in [0.1, 0.15) is 10.4 Å². The fourth-order valence-electron chi connectivity index (χ4n) is 0.660. The van der Waals surface area contributed by atoms with Crippen molar-refractivity contribution in [3.63, 3.8) is 0 Å². The molecule has 0 aliphatic rings. The molecule has 48 valence electrons. The Bertz CT molecular complexity index is 258. The van der Waals surface area contributed by atoms with E-state index < -0.39 is 0 Å². The van der Waals surface area contributed by atoms with Crippen LogP contribution in [0.15, 0.2) is 18.2 Å². The van der Waals surface area contributed by atoms with Gasteiger partial charge in [0.25, 0.3) is 0 Å². The van der Waals surface area contributed by atoms with Gasteiger partial charge in [0.1, 0.15) is 13.6 Å². The molecule has 0 spiro atoms. The normalized spacial score (nSPS) is 9.20. The van der Waals surface area contributed by atoms with Crippen LogP contribution in [0.3, 0.4) is 0 Å². The summed E-state index contributed by atoms with van der Waals surface area (Å²) in [6, 6.07) is 4.37. The average molecular weight is 132 g/mol. The molecule has 0 saturated carbocycles. The molecule has 1 rings (SSSR count). The first kappa shape index (κ1) is 6.87. The van der Waals surface area contributed by atoms with Gasteiger partial charge in [-0.05, 0) is 12.1 Å². The maximum absolute atomic E-state index is 10.1. The smallest absolute Gasteiger partial charge is 0.153 e. The Morgan fingerprint density at radius 2 is 2.20 bits per heavy atom. The minimum absolute atomic E-state index is 0.0741. The van der Waals surface area contributed by atoms with Crippen molar-refractivity contribution in [2.24, 2.45) is 0 Å². The molecule has 3 heteroatoms. The Morgan fingerprint density at radius 3 is 2.70 bits per heavy atom. The lowest BCUT2D eigenvalue weighted by Crippen LogP contribution is -2.00. The quantitative estimate of drug-likeness (QED) is 0.431. The predicted octanol–water partition coefficient (Wildman–Crippen LogP) is -0.00150. The molecule has 0 fully saturated rings. The summed E-state index contributed by atoms with van der Waals surface area (Å²) < 4.78 is 0. The van der Waals surface area contributed by atoms with Gasteiger partial charge in [-0.2, -0.15) is 0 Å². The molecule has 2 nitrogen and oxygen atoms in total. The molecule has 0 heterocycles. The number of phenolic OH excluding ortho intramolecular Hbond substituents is 1. The van der Waals surface area contributed by atoms with Crippen LogP contribution in [-0.2, 0) is 0 Å². The summed E-state index contributed by atoms with van der Waals surface area (Å²) >= 11 is 0. The number of rotatable bonds is 1. The van der Waals surface area contributed by atoms with E-state index in [0.29, 0.717) is 11.7 Å². The van der Waals surface area contributed by atoms with Gasteiger partial charge in [0.2, 0.25) is 0 Å². The SMILES string of the molecule is [B]c1ccc(C=O)c(O)c1. The van der Waals surface area contributed by atoms with Crippen LogP contribution in [0.2, 0.25) is 0 Å². The van der Waals surface area contributed by atoms with E-state index in [4.69, 9.17) is 13.0 Å². The van der Waals surface area contributed by atoms with Crippen molar-refractivity contribution in [1.82, 2.24) is 0 Å². The van der Waals surface area contributed by atoms with Crippen LogP contribution >= 0.6 is 0 Å². The lowest BCUT2D eigenvalue weighted by Gasteiger charge is -1.96. The Kier molecular flexibility index (Phi) is 1.76. The highest BCUT2D eigenvalue weighted by atomic mass is 16.3. The third kappa shape index (κ3) is 1.18. The highest BCUT2D eigenvalue weighted by molar-refractivity contribution is 6.32. The molecule has 10 heavy (non-hydrogen) atoms. The van der Waals surface area contributed by atoms with E-state index in [1.54, 1.807) is 6.07 Å². The van der Waals surface area contributed by atoms with Gasteiger partial charge in [0, 0.05) is 0 Å². The standard InChI is InChI=1S/C7H5BO2/c8-6-2-1-5(4-9)7(10)3-6/h1-4,10H. The van der Waals surface area contributed by atoms with Gasteiger partial charge >= 0.3 is 0 Å². The highest BCUT2D eigenvalue weighted by Gasteiger charge is 1.96. The largest absolute Gasteiger partial charge is 0.507 e. The summed E-state index contributed by atoms with van der Waals surface area (Å²) in [7, 11) is 5.31. The molecule has 0 aromatic heterocycles. The number of benzene rings is 1. The van der Waals surface area contributed by atoms with E-state index >= 15 is 0 Å². The molecule has 1 aromatic rings. The second kappa shape index (κ2) is 2.56. The predicted molar refractivity (Wildman–Crippen MR) is 38.9 cm³/mol. The van der Waals surface area contributed by atoms with E-state index in [-0.39, 0.29) is 11.3 Å². The first-order valence-electron chi connectivity index (χ1n) is 2.77. The number of phenols is 1. The number of hydrogen-bond donors (Lipinski definition) is 1. The van der Waals surface area contributed by atoms with Crippen molar-refractivity contribution in [2.75, 3.05) is 0 Å². The van der Waals surface area contributed by atoms with Gasteiger partial charge in [0.15, 0.2) is 6.29 Å². The molecule has 0 saturated heterocycles. The summed E-state index contributed by atoms with van der Waals surface area (Å²) in [5.74, 6) is -0.0741. The van der Waals surface area contributed by atoms with Crippen molar-refractivity contribution in [3.8, 4) is 5.75 Å². The van der Waals surface area contributed by atoms with Crippen molar-refractivity contribution in [2.45, 2.75) is 0 Å². The first-order valence-corrected chi connectivity index (χ1v) is 2.77. The fourth-order valence-corrected chi connectivity index (χ4v) is 0.660. The number of carbonyl (C=O) groups excluding carboxylic acids is 1. The minimum atomic E-state index is -0.0741. The van der Waals surface area contributed by atoms with E-state index in [1.807, 2.05) is 0 Å². The second-order valence-electron chi connectivity index (χ2n) is 1.94.